The summed E-state index contributed by atoms with van der Waals surface area (Å²) in [6, 6.07) is 5.51. The Balaban J connectivity index is 2.87. The highest BCUT2D eigenvalue weighted by molar-refractivity contribution is 6.69. The molecule has 0 N–H and O–H groups in total. The Kier molecular flexibility index (Phi) is 4.24. The van der Waals surface area contributed by atoms with Crippen LogP contribution in [0.15, 0.2) is 18.2 Å². The minimum atomic E-state index is -0.686. The zero-order valence-electron chi connectivity index (χ0n) is 7.56. The van der Waals surface area contributed by atoms with Gasteiger partial charge in [0.05, 0.1) is 0 Å². The van der Waals surface area contributed by atoms with Crippen LogP contribution in [0.1, 0.15) is 11.1 Å². The summed E-state index contributed by atoms with van der Waals surface area (Å²) in [6.45, 7) is 1.89. The van der Waals surface area contributed by atoms with Crippen LogP contribution < -0.4 is 0 Å². The molecule has 1 atom stereocenters. The van der Waals surface area contributed by atoms with E-state index in [1.165, 1.54) is 0 Å². The van der Waals surface area contributed by atoms with Crippen LogP contribution in [0.5, 0.6) is 0 Å². The van der Waals surface area contributed by atoms with Crippen molar-refractivity contribution in [3.8, 4) is 0 Å². The van der Waals surface area contributed by atoms with Gasteiger partial charge in [-0.2, -0.15) is 0 Å². The standard InChI is InChI=1S/C10H9Cl3O/c1-6-7(3-2-4-8(6)11)5-9(12)10(13)14/h2-4,9H,5H2,1H3. The number of carbonyl (C=O) groups is 1. The molecule has 0 aliphatic rings. The van der Waals surface area contributed by atoms with E-state index >= 15 is 0 Å². The van der Waals surface area contributed by atoms with Crippen LogP contribution >= 0.6 is 34.8 Å². The molecule has 0 radical (unpaired) electrons. The molecular formula is C10H9Cl3O. The highest BCUT2D eigenvalue weighted by Crippen LogP contribution is 2.21. The second kappa shape index (κ2) is 5.01. The van der Waals surface area contributed by atoms with Crippen LogP contribution in [-0.2, 0) is 11.2 Å². The lowest BCUT2D eigenvalue weighted by Crippen LogP contribution is -2.12. The minimum Gasteiger partial charge on any atom is -0.280 e. The summed E-state index contributed by atoms with van der Waals surface area (Å²) >= 11 is 16.9. The quantitative estimate of drug-likeness (QED) is 0.593. The number of benzene rings is 1. The van der Waals surface area contributed by atoms with Crippen LogP contribution in [0, 0.1) is 6.92 Å². The molecule has 0 amide bonds. The predicted octanol–water partition coefficient (Wildman–Crippen LogP) is 3.56. The summed E-state index contributed by atoms with van der Waals surface area (Å²) in [5.41, 5.74) is 1.89. The van der Waals surface area contributed by atoms with Crippen LogP contribution in [0.2, 0.25) is 5.02 Å². The molecule has 1 nitrogen and oxygen atoms in total. The van der Waals surface area contributed by atoms with Crippen molar-refractivity contribution in [2.24, 2.45) is 0 Å². The van der Waals surface area contributed by atoms with Crippen LogP contribution in [0.3, 0.4) is 0 Å². The lowest BCUT2D eigenvalue weighted by Gasteiger charge is -2.08. The first kappa shape index (κ1) is 11.8. The highest BCUT2D eigenvalue weighted by Gasteiger charge is 2.14. The monoisotopic (exact) mass is 250 g/mol. The molecule has 0 heterocycles. The van der Waals surface area contributed by atoms with Gasteiger partial charge in [0.15, 0.2) is 0 Å². The molecule has 0 aliphatic carbocycles. The molecule has 76 valence electrons. The van der Waals surface area contributed by atoms with Gasteiger partial charge in [-0.1, -0.05) is 23.7 Å². The van der Waals surface area contributed by atoms with Crippen molar-refractivity contribution in [3.05, 3.63) is 34.3 Å². The Morgan fingerprint density at radius 2 is 2.14 bits per heavy atom. The number of alkyl halides is 1. The van der Waals surface area contributed by atoms with E-state index < -0.39 is 10.6 Å². The first-order chi connectivity index (χ1) is 6.52. The third-order valence-corrected chi connectivity index (χ3v) is 3.16. The van der Waals surface area contributed by atoms with Gasteiger partial charge in [0.1, 0.15) is 5.38 Å². The lowest BCUT2D eigenvalue weighted by atomic mass is 10.0. The third-order valence-electron chi connectivity index (χ3n) is 2.03. The third kappa shape index (κ3) is 2.88. The Bertz CT molecular complexity index is 349. The number of hydrogen-bond acceptors (Lipinski definition) is 1. The second-order valence-corrected chi connectivity index (χ2v) is 4.31. The molecule has 0 spiro atoms. The van der Waals surface area contributed by atoms with Crippen molar-refractivity contribution in [2.75, 3.05) is 0 Å². The summed E-state index contributed by atoms with van der Waals surface area (Å²) in [6.07, 6.45) is 0.413. The van der Waals surface area contributed by atoms with Gasteiger partial charge in [-0.3, -0.25) is 4.79 Å². The molecule has 1 aromatic carbocycles. The van der Waals surface area contributed by atoms with E-state index in [-0.39, 0.29) is 0 Å². The van der Waals surface area contributed by atoms with E-state index in [4.69, 9.17) is 34.8 Å². The Hall–Kier alpha value is -0.240. The molecule has 4 heteroatoms. The van der Waals surface area contributed by atoms with Crippen molar-refractivity contribution in [1.29, 1.82) is 0 Å². The second-order valence-electron chi connectivity index (χ2n) is 3.00. The Morgan fingerprint density at radius 1 is 1.50 bits per heavy atom. The topological polar surface area (TPSA) is 17.1 Å². The van der Waals surface area contributed by atoms with Crippen LogP contribution in [0.4, 0.5) is 0 Å². The average molecular weight is 252 g/mol. The lowest BCUT2D eigenvalue weighted by molar-refractivity contribution is -0.111. The number of hydrogen-bond donors (Lipinski definition) is 0. The molecule has 0 saturated heterocycles. The van der Waals surface area contributed by atoms with Crippen molar-refractivity contribution in [1.82, 2.24) is 0 Å². The van der Waals surface area contributed by atoms with Crippen LogP contribution in [-0.4, -0.2) is 10.6 Å². The number of rotatable bonds is 3. The first-order valence-electron chi connectivity index (χ1n) is 4.09. The molecular weight excluding hydrogens is 242 g/mol. The molecule has 0 bridgehead atoms. The van der Waals surface area contributed by atoms with E-state index in [9.17, 15) is 4.79 Å². The average Bonchev–Trinajstić information content (AvgIpc) is 2.12. The van der Waals surface area contributed by atoms with E-state index in [2.05, 4.69) is 0 Å². The maximum atomic E-state index is 10.7. The first-order valence-corrected chi connectivity index (χ1v) is 5.29. The van der Waals surface area contributed by atoms with E-state index in [0.717, 1.165) is 11.1 Å². The van der Waals surface area contributed by atoms with Gasteiger partial charge in [-0.15, -0.1) is 11.6 Å². The summed E-state index contributed by atoms with van der Waals surface area (Å²) in [7, 11) is 0. The van der Waals surface area contributed by atoms with Crippen molar-refractivity contribution >= 4 is 40.0 Å². The van der Waals surface area contributed by atoms with E-state index in [0.29, 0.717) is 11.4 Å². The van der Waals surface area contributed by atoms with Gasteiger partial charge in [-0.25, -0.2) is 0 Å². The highest BCUT2D eigenvalue weighted by atomic mass is 35.5. The minimum absolute atomic E-state index is 0.413. The number of halogens is 3. The fraction of sp³-hybridized carbons (Fsp3) is 0.300. The maximum Gasteiger partial charge on any atom is 0.239 e. The number of carbonyl (C=O) groups excluding carboxylic acids is 1. The summed E-state index contributed by atoms with van der Waals surface area (Å²) < 4.78 is 0. The molecule has 0 aromatic heterocycles. The fourth-order valence-electron chi connectivity index (χ4n) is 1.15. The van der Waals surface area contributed by atoms with Crippen LogP contribution in [0.25, 0.3) is 0 Å². The zero-order valence-corrected chi connectivity index (χ0v) is 9.83. The van der Waals surface area contributed by atoms with Gasteiger partial charge in [0, 0.05) is 5.02 Å². The summed E-state index contributed by atoms with van der Waals surface area (Å²) in [5, 5.41) is -0.548. The predicted molar refractivity (Wildman–Crippen MR) is 60.4 cm³/mol. The summed E-state index contributed by atoms with van der Waals surface area (Å²) in [4.78, 5) is 10.7. The van der Waals surface area contributed by atoms with Crippen molar-refractivity contribution < 1.29 is 4.79 Å². The molecule has 1 unspecified atom stereocenters. The SMILES string of the molecule is Cc1c(Cl)cccc1CC(Cl)C(=O)Cl. The molecule has 0 saturated carbocycles. The van der Waals surface area contributed by atoms with E-state index in [1.807, 2.05) is 19.1 Å². The molecule has 0 aliphatic heterocycles. The maximum absolute atomic E-state index is 10.7. The molecule has 1 aromatic rings. The largest absolute Gasteiger partial charge is 0.280 e. The van der Waals surface area contributed by atoms with Gasteiger partial charge in [0.25, 0.3) is 0 Å². The van der Waals surface area contributed by atoms with Crippen molar-refractivity contribution in [2.45, 2.75) is 18.7 Å². The van der Waals surface area contributed by atoms with Crippen molar-refractivity contribution in [3.63, 3.8) is 0 Å². The van der Waals surface area contributed by atoms with Gasteiger partial charge >= 0.3 is 0 Å². The van der Waals surface area contributed by atoms with Gasteiger partial charge in [0.2, 0.25) is 5.24 Å². The Morgan fingerprint density at radius 3 is 2.71 bits per heavy atom. The van der Waals surface area contributed by atoms with Gasteiger partial charge < -0.3 is 0 Å². The Labute approximate surface area is 98.0 Å². The molecule has 0 fully saturated rings. The fourth-order valence-corrected chi connectivity index (χ4v) is 1.58. The molecule has 14 heavy (non-hydrogen) atoms. The molecule has 1 rings (SSSR count). The zero-order chi connectivity index (χ0) is 10.7. The van der Waals surface area contributed by atoms with E-state index in [1.54, 1.807) is 6.07 Å². The normalized spacial score (nSPS) is 12.6. The summed E-state index contributed by atoms with van der Waals surface area (Å²) in [5.74, 6) is 0. The van der Waals surface area contributed by atoms with Gasteiger partial charge in [-0.05, 0) is 42.1 Å². The smallest absolute Gasteiger partial charge is 0.239 e.